The molecule has 1 saturated heterocycles. The molecule has 0 aromatic heterocycles. The van der Waals surface area contributed by atoms with Gasteiger partial charge in [-0.15, -0.1) is 0 Å². The highest BCUT2D eigenvalue weighted by atomic mass is 35.5. The van der Waals surface area contributed by atoms with Gasteiger partial charge in [-0.3, -0.25) is 10.1 Å². The molecule has 2 aromatic rings. The number of imide groups is 1. The van der Waals surface area contributed by atoms with Gasteiger partial charge < -0.3 is 10.1 Å². The van der Waals surface area contributed by atoms with Crippen molar-refractivity contribution in [2.75, 3.05) is 0 Å². The number of hydrogen-bond acceptors (Lipinski definition) is 3. The molecule has 1 aliphatic heterocycles. The standard InChI is InChI=1S/C17H13ClN2O3/c18-14-4-2-1-3-12(14)10-23-13-7-5-11(6-8-13)9-15-16(21)20-17(22)19-15/h1-9H,10H2,(H2,19,20,21,22)/b15-9+. The van der Waals surface area contributed by atoms with E-state index in [2.05, 4.69) is 10.6 Å². The van der Waals surface area contributed by atoms with Gasteiger partial charge in [0.05, 0.1) is 0 Å². The van der Waals surface area contributed by atoms with E-state index in [1.54, 1.807) is 30.3 Å². The second-order valence-corrected chi connectivity index (χ2v) is 5.32. The van der Waals surface area contributed by atoms with Crippen LogP contribution in [0.15, 0.2) is 54.2 Å². The molecule has 0 radical (unpaired) electrons. The van der Waals surface area contributed by atoms with Gasteiger partial charge in [0.25, 0.3) is 5.91 Å². The number of urea groups is 1. The van der Waals surface area contributed by atoms with Crippen molar-refractivity contribution in [3.05, 3.63) is 70.4 Å². The molecular formula is C17H13ClN2O3. The van der Waals surface area contributed by atoms with Crippen LogP contribution in [0.2, 0.25) is 5.02 Å². The molecule has 0 unspecified atom stereocenters. The number of hydrogen-bond donors (Lipinski definition) is 2. The maximum Gasteiger partial charge on any atom is 0.326 e. The molecular weight excluding hydrogens is 316 g/mol. The third kappa shape index (κ3) is 3.70. The maximum absolute atomic E-state index is 11.4. The number of ether oxygens (including phenoxy) is 1. The third-order valence-electron chi connectivity index (χ3n) is 3.26. The van der Waals surface area contributed by atoms with E-state index in [1.165, 1.54) is 0 Å². The molecule has 0 saturated carbocycles. The minimum Gasteiger partial charge on any atom is -0.489 e. The Balaban J connectivity index is 1.66. The van der Waals surface area contributed by atoms with E-state index in [9.17, 15) is 9.59 Å². The van der Waals surface area contributed by atoms with E-state index in [0.29, 0.717) is 17.4 Å². The molecule has 23 heavy (non-hydrogen) atoms. The maximum atomic E-state index is 11.4. The number of benzene rings is 2. The first-order chi connectivity index (χ1) is 11.1. The summed E-state index contributed by atoms with van der Waals surface area (Å²) in [5.41, 5.74) is 1.91. The fourth-order valence-electron chi connectivity index (χ4n) is 2.09. The van der Waals surface area contributed by atoms with Gasteiger partial charge in [-0.2, -0.15) is 0 Å². The SMILES string of the molecule is O=C1NC(=O)/C(=C\c2ccc(OCc3ccccc3Cl)cc2)N1. The lowest BCUT2D eigenvalue weighted by Crippen LogP contribution is -2.22. The van der Waals surface area contributed by atoms with E-state index in [0.717, 1.165) is 11.1 Å². The average molecular weight is 329 g/mol. The fourth-order valence-corrected chi connectivity index (χ4v) is 2.28. The van der Waals surface area contributed by atoms with Crippen molar-refractivity contribution >= 4 is 29.6 Å². The summed E-state index contributed by atoms with van der Waals surface area (Å²) in [5.74, 6) is 0.251. The van der Waals surface area contributed by atoms with Crippen molar-refractivity contribution in [2.24, 2.45) is 0 Å². The predicted molar refractivity (Wildman–Crippen MR) is 86.9 cm³/mol. The first-order valence-corrected chi connectivity index (χ1v) is 7.30. The van der Waals surface area contributed by atoms with E-state index < -0.39 is 11.9 Å². The third-order valence-corrected chi connectivity index (χ3v) is 3.63. The second-order valence-electron chi connectivity index (χ2n) is 4.92. The molecule has 0 aliphatic carbocycles. The highest BCUT2D eigenvalue weighted by molar-refractivity contribution is 6.31. The largest absolute Gasteiger partial charge is 0.489 e. The zero-order chi connectivity index (χ0) is 16.2. The summed E-state index contributed by atoms with van der Waals surface area (Å²) in [5, 5.41) is 5.25. The van der Waals surface area contributed by atoms with Gasteiger partial charge in [-0.25, -0.2) is 4.79 Å². The quantitative estimate of drug-likeness (QED) is 0.669. The van der Waals surface area contributed by atoms with Crippen LogP contribution in [0.25, 0.3) is 6.08 Å². The summed E-state index contributed by atoms with van der Waals surface area (Å²) in [6.07, 6.45) is 1.60. The molecule has 3 rings (SSSR count). The monoisotopic (exact) mass is 328 g/mol. The van der Waals surface area contributed by atoms with Gasteiger partial charge in [0.2, 0.25) is 0 Å². The van der Waals surface area contributed by atoms with Gasteiger partial charge in [0.15, 0.2) is 0 Å². The van der Waals surface area contributed by atoms with Gasteiger partial charge in [-0.1, -0.05) is 41.9 Å². The van der Waals surface area contributed by atoms with Crippen LogP contribution in [-0.4, -0.2) is 11.9 Å². The van der Waals surface area contributed by atoms with E-state index in [4.69, 9.17) is 16.3 Å². The minimum atomic E-state index is -0.513. The van der Waals surface area contributed by atoms with Crippen molar-refractivity contribution < 1.29 is 14.3 Å². The topological polar surface area (TPSA) is 67.4 Å². The van der Waals surface area contributed by atoms with Gasteiger partial charge in [-0.05, 0) is 29.8 Å². The number of nitrogens with one attached hydrogen (secondary N) is 2. The zero-order valence-electron chi connectivity index (χ0n) is 12.0. The Morgan fingerprint density at radius 3 is 2.39 bits per heavy atom. The number of halogens is 1. The van der Waals surface area contributed by atoms with Crippen molar-refractivity contribution in [1.82, 2.24) is 10.6 Å². The highest BCUT2D eigenvalue weighted by Crippen LogP contribution is 2.19. The van der Waals surface area contributed by atoms with E-state index >= 15 is 0 Å². The molecule has 2 N–H and O–H groups in total. The molecule has 0 spiro atoms. The molecule has 1 aliphatic rings. The molecule has 116 valence electrons. The first kappa shape index (κ1) is 15.1. The second kappa shape index (κ2) is 6.54. The minimum absolute atomic E-state index is 0.222. The summed E-state index contributed by atoms with van der Waals surface area (Å²) < 4.78 is 5.68. The molecule has 5 nitrogen and oxygen atoms in total. The van der Waals surface area contributed by atoms with Gasteiger partial charge in [0.1, 0.15) is 18.1 Å². The normalized spacial score (nSPS) is 15.4. The van der Waals surface area contributed by atoms with Crippen molar-refractivity contribution in [1.29, 1.82) is 0 Å². The summed E-state index contributed by atoms with van der Waals surface area (Å²) >= 11 is 6.08. The highest BCUT2D eigenvalue weighted by Gasteiger charge is 2.22. The van der Waals surface area contributed by atoms with Crippen LogP contribution in [-0.2, 0) is 11.4 Å². The molecule has 0 atom stereocenters. The lowest BCUT2D eigenvalue weighted by molar-refractivity contribution is -0.115. The summed E-state index contributed by atoms with van der Waals surface area (Å²) in [6.45, 7) is 0.374. The Morgan fingerprint density at radius 1 is 1.00 bits per heavy atom. The molecule has 0 bridgehead atoms. The van der Waals surface area contributed by atoms with Crippen LogP contribution in [0.3, 0.4) is 0 Å². The number of rotatable bonds is 4. The first-order valence-electron chi connectivity index (χ1n) is 6.92. The smallest absolute Gasteiger partial charge is 0.326 e. The van der Waals surface area contributed by atoms with Crippen molar-refractivity contribution in [3.63, 3.8) is 0 Å². The number of carbonyl (C=O) groups is 2. The van der Waals surface area contributed by atoms with Crippen molar-refractivity contribution in [3.8, 4) is 5.75 Å². The summed E-state index contributed by atoms with van der Waals surface area (Å²) in [7, 11) is 0. The molecule has 1 fully saturated rings. The average Bonchev–Trinajstić information content (AvgIpc) is 2.85. The predicted octanol–water partition coefficient (Wildman–Crippen LogP) is 3.10. The Kier molecular flexibility index (Phi) is 4.30. The Hall–Kier alpha value is -2.79. The van der Waals surface area contributed by atoms with Crippen LogP contribution in [0.5, 0.6) is 5.75 Å². The van der Waals surface area contributed by atoms with Crippen LogP contribution in [0.1, 0.15) is 11.1 Å². The van der Waals surface area contributed by atoms with Crippen molar-refractivity contribution in [2.45, 2.75) is 6.61 Å². The van der Waals surface area contributed by atoms with E-state index in [-0.39, 0.29) is 5.70 Å². The van der Waals surface area contributed by atoms with Gasteiger partial charge >= 0.3 is 6.03 Å². The lowest BCUT2D eigenvalue weighted by atomic mass is 10.2. The molecule has 3 amide bonds. The Morgan fingerprint density at radius 2 is 1.74 bits per heavy atom. The van der Waals surface area contributed by atoms with Crippen LogP contribution in [0.4, 0.5) is 4.79 Å². The summed E-state index contributed by atoms with van der Waals surface area (Å²) in [6, 6.07) is 14.2. The summed E-state index contributed by atoms with van der Waals surface area (Å²) in [4.78, 5) is 22.5. The van der Waals surface area contributed by atoms with E-state index in [1.807, 2.05) is 24.3 Å². The van der Waals surface area contributed by atoms with Crippen LogP contribution < -0.4 is 15.4 Å². The molecule has 2 aromatic carbocycles. The lowest BCUT2D eigenvalue weighted by Gasteiger charge is -2.08. The van der Waals surface area contributed by atoms with Crippen LogP contribution >= 0.6 is 11.6 Å². The Bertz CT molecular complexity index is 785. The number of carbonyl (C=O) groups excluding carboxylic acids is 2. The zero-order valence-corrected chi connectivity index (χ0v) is 12.8. The van der Waals surface area contributed by atoms with Gasteiger partial charge in [0, 0.05) is 10.6 Å². The molecule has 1 heterocycles. The van der Waals surface area contributed by atoms with Crippen LogP contribution in [0, 0.1) is 0 Å². The molecule has 6 heteroatoms. The fraction of sp³-hybridized carbons (Fsp3) is 0.0588. The number of amides is 3. The Labute approximate surface area is 137 Å².